The van der Waals surface area contributed by atoms with E-state index in [2.05, 4.69) is 122 Å². The van der Waals surface area contributed by atoms with Gasteiger partial charge in [-0.1, -0.05) is 124 Å². The first-order valence-corrected chi connectivity index (χ1v) is 24.4. The van der Waals surface area contributed by atoms with Crippen molar-refractivity contribution in [3.05, 3.63) is 133 Å². The zero-order valence-corrected chi connectivity index (χ0v) is 34.8. The van der Waals surface area contributed by atoms with Crippen LogP contribution in [-0.4, -0.2) is 26.1 Å². The summed E-state index contributed by atoms with van der Waals surface area (Å²) in [6.45, 7) is 18.0. The first-order chi connectivity index (χ1) is 23.2. The Morgan fingerprint density at radius 2 is 1.39 bits per heavy atom. The van der Waals surface area contributed by atoms with Gasteiger partial charge in [0.25, 0.3) is 0 Å². The average molecular weight is 870 g/mol. The van der Waals surface area contributed by atoms with Crippen LogP contribution in [0.25, 0.3) is 53.8 Å². The van der Waals surface area contributed by atoms with Crippen LogP contribution in [0, 0.1) is 12.1 Å². The number of pyridine rings is 2. The molecule has 0 aliphatic carbocycles. The van der Waals surface area contributed by atoms with Crippen molar-refractivity contribution >= 4 is 58.0 Å². The van der Waals surface area contributed by atoms with Crippen LogP contribution >= 0.6 is 11.3 Å². The molecule has 3 aromatic heterocycles. The predicted octanol–water partition coefficient (Wildman–Crippen LogP) is 11.3. The minimum Gasteiger partial charge on any atom is -0.305 e. The van der Waals surface area contributed by atoms with Gasteiger partial charge < -0.3 is 9.97 Å². The van der Waals surface area contributed by atoms with Gasteiger partial charge in [0.2, 0.25) is 0 Å². The second-order valence-corrected chi connectivity index (χ2v) is 25.8. The van der Waals surface area contributed by atoms with Crippen molar-refractivity contribution < 1.29 is 21.5 Å². The topological polar surface area (TPSA) is 25.8 Å². The van der Waals surface area contributed by atoms with Gasteiger partial charge in [-0.3, -0.25) is 0 Å². The molecule has 0 N–H and O–H groups in total. The number of fused-ring (bicyclic) bond motifs is 3. The third-order valence-corrected chi connectivity index (χ3v) is 14.0. The Morgan fingerprint density at radius 3 is 2.02 bits per heavy atom. The molecule has 0 aliphatic rings. The zero-order chi connectivity index (χ0) is 35.0. The standard InChI is InChI=1S/C29H28NSSi.C14H16NSi.Ir/c1-19(2)21-15-16-30-27(17-21)26-8-6-7-25-24-14-11-22(18-28(24)31-29(25)26)20-9-12-23(13-10-20)32(3,4)5;1-16(2,3)13-9-10-14(15-11-13)12-7-5-4-6-8-12;/h6-7,9-19H,1-5H3;4-7,9-11H,1-3H3;/q2*-1;/i19D;;. The Kier molecular flexibility index (Phi) is 10.9. The van der Waals surface area contributed by atoms with E-state index in [1.807, 2.05) is 68.7 Å². The van der Waals surface area contributed by atoms with Crippen LogP contribution in [-0.2, 0) is 20.1 Å². The fourth-order valence-electron chi connectivity index (χ4n) is 5.70. The normalized spacial score (nSPS) is 12.2. The number of thiophene rings is 1. The molecule has 1 radical (unpaired) electrons. The van der Waals surface area contributed by atoms with Crippen LogP contribution in [0.3, 0.4) is 0 Å². The van der Waals surface area contributed by atoms with E-state index in [0.29, 0.717) is 0 Å². The molecule has 251 valence electrons. The smallest absolute Gasteiger partial charge is 0.0795 e. The van der Waals surface area contributed by atoms with E-state index in [0.717, 1.165) is 28.1 Å². The molecule has 3 heterocycles. The summed E-state index contributed by atoms with van der Waals surface area (Å²) in [5.74, 6) is -0.661. The summed E-state index contributed by atoms with van der Waals surface area (Å²) in [5.41, 5.74) is 7.43. The van der Waals surface area contributed by atoms with Gasteiger partial charge in [-0.25, -0.2) is 0 Å². The molecule has 0 aliphatic heterocycles. The van der Waals surface area contributed by atoms with Crippen molar-refractivity contribution in [1.29, 1.82) is 0 Å². The van der Waals surface area contributed by atoms with Crippen LogP contribution in [0.5, 0.6) is 0 Å². The summed E-state index contributed by atoms with van der Waals surface area (Å²) in [4.78, 5) is 9.15. The Morgan fingerprint density at radius 1 is 0.673 bits per heavy atom. The summed E-state index contributed by atoms with van der Waals surface area (Å²) < 4.78 is 10.9. The van der Waals surface area contributed by atoms with Crippen molar-refractivity contribution in [2.45, 2.75) is 59.0 Å². The average Bonchev–Trinajstić information content (AvgIpc) is 3.46. The summed E-state index contributed by atoms with van der Waals surface area (Å²) in [5, 5.41) is 5.39. The molecule has 49 heavy (non-hydrogen) atoms. The molecule has 0 bridgehead atoms. The minimum atomic E-state index is -1.30. The van der Waals surface area contributed by atoms with Crippen LogP contribution in [0.15, 0.2) is 116 Å². The van der Waals surface area contributed by atoms with Crippen molar-refractivity contribution in [2.75, 3.05) is 0 Å². The Labute approximate surface area is 313 Å². The molecule has 0 amide bonds. The molecule has 0 atom stereocenters. The van der Waals surface area contributed by atoms with Crippen LogP contribution in [0.2, 0.25) is 39.3 Å². The van der Waals surface area contributed by atoms with E-state index < -0.39 is 22.0 Å². The molecule has 0 saturated carbocycles. The van der Waals surface area contributed by atoms with Crippen molar-refractivity contribution in [1.82, 2.24) is 9.97 Å². The summed E-state index contributed by atoms with van der Waals surface area (Å²) >= 11 is 1.80. The van der Waals surface area contributed by atoms with Crippen LogP contribution < -0.4 is 10.4 Å². The Balaban J connectivity index is 0.000000241. The molecular weight excluding hydrogens is 825 g/mol. The Hall–Kier alpha value is -3.52. The molecule has 7 rings (SSSR count). The van der Waals surface area contributed by atoms with Gasteiger partial charge in [0, 0.05) is 38.6 Å². The number of nitrogens with zero attached hydrogens (tertiary/aromatic N) is 2. The number of hydrogen-bond donors (Lipinski definition) is 0. The largest absolute Gasteiger partial charge is 0.305 e. The van der Waals surface area contributed by atoms with Gasteiger partial charge in [-0.2, -0.15) is 11.3 Å². The van der Waals surface area contributed by atoms with Gasteiger partial charge in [0.1, 0.15) is 0 Å². The van der Waals surface area contributed by atoms with E-state index in [-0.39, 0.29) is 20.1 Å². The molecule has 2 nitrogen and oxygen atoms in total. The second-order valence-electron chi connectivity index (χ2n) is 14.6. The summed E-state index contributed by atoms with van der Waals surface area (Å²) in [6, 6.07) is 42.9. The predicted molar refractivity (Wildman–Crippen MR) is 215 cm³/mol. The van der Waals surface area contributed by atoms with Gasteiger partial charge in [0.05, 0.1) is 16.1 Å². The molecule has 0 saturated heterocycles. The summed E-state index contributed by atoms with van der Waals surface area (Å²) in [6.07, 6.45) is 3.82. The fraction of sp³-hybridized carbons (Fsp3) is 0.209. The molecule has 4 aromatic carbocycles. The van der Waals surface area contributed by atoms with Gasteiger partial charge in [-0.05, 0) is 55.8 Å². The van der Waals surface area contributed by atoms with E-state index in [1.54, 1.807) is 11.3 Å². The van der Waals surface area contributed by atoms with Crippen LogP contribution in [0.4, 0.5) is 0 Å². The number of benzene rings is 4. The van der Waals surface area contributed by atoms with E-state index in [1.165, 1.54) is 41.7 Å². The minimum absolute atomic E-state index is 0. The van der Waals surface area contributed by atoms with Gasteiger partial charge in [-0.15, -0.1) is 59.7 Å². The van der Waals surface area contributed by atoms with Crippen molar-refractivity contribution in [3.63, 3.8) is 0 Å². The van der Waals surface area contributed by atoms with E-state index >= 15 is 0 Å². The summed E-state index contributed by atoms with van der Waals surface area (Å²) in [7, 11) is -2.53. The zero-order valence-electron chi connectivity index (χ0n) is 30.6. The molecule has 0 unspecified atom stereocenters. The van der Waals surface area contributed by atoms with Gasteiger partial charge in [0.15, 0.2) is 0 Å². The maximum atomic E-state index is 8.40. The number of hydrogen-bond acceptors (Lipinski definition) is 3. The second kappa shape index (κ2) is 15.2. The first-order valence-electron chi connectivity index (χ1n) is 17.1. The van der Waals surface area contributed by atoms with Crippen LogP contribution in [0.1, 0.15) is 26.7 Å². The quantitative estimate of drug-likeness (QED) is 0.123. The molecule has 6 heteroatoms. The monoisotopic (exact) mass is 870 g/mol. The maximum Gasteiger partial charge on any atom is 0.0795 e. The maximum absolute atomic E-state index is 8.40. The molecule has 7 aromatic rings. The molecule has 0 spiro atoms. The van der Waals surface area contributed by atoms with Gasteiger partial charge >= 0.3 is 0 Å². The molecular formula is C43H44IrN2SSi2-2. The van der Waals surface area contributed by atoms with Crippen molar-refractivity contribution in [3.8, 4) is 33.6 Å². The van der Waals surface area contributed by atoms with E-state index in [4.69, 9.17) is 1.37 Å². The fourth-order valence-corrected chi connectivity index (χ4v) is 9.15. The first kappa shape index (κ1) is 35.3. The SMILES string of the molecule is C[Si](C)(C)c1ccc(-c2[c-]cccc2)nc1.[2H]C(C)(C)c1ccnc(-c2[c-]ccc3c2sc2cc(-c4ccc([Si](C)(C)C)cc4)ccc23)c1.[Ir]. The third-order valence-electron chi connectivity index (χ3n) is 8.73. The Bertz CT molecular complexity index is 2210. The van der Waals surface area contributed by atoms with Crippen molar-refractivity contribution in [2.24, 2.45) is 0 Å². The number of aromatic nitrogens is 2. The molecule has 0 fully saturated rings. The number of rotatable bonds is 6. The third kappa shape index (κ3) is 8.45. The van der Waals surface area contributed by atoms with E-state index in [9.17, 15) is 0 Å².